The molecule has 0 heterocycles. The summed E-state index contributed by atoms with van der Waals surface area (Å²) in [4.78, 5) is 10.8. The van der Waals surface area contributed by atoms with Gasteiger partial charge in [-0.15, -0.1) is 0 Å². The Morgan fingerprint density at radius 3 is 2.64 bits per heavy atom. The molecular formula is C10H19NO2Y-2. The van der Waals surface area contributed by atoms with Crippen molar-refractivity contribution in [3.05, 3.63) is 12.8 Å². The molecule has 0 unspecified atom stereocenters. The fourth-order valence-corrected chi connectivity index (χ4v) is 0.887. The molecule has 0 saturated heterocycles. The van der Waals surface area contributed by atoms with Crippen molar-refractivity contribution in [1.29, 1.82) is 0 Å². The molecule has 0 aromatic heterocycles. The Bertz CT molecular complexity index is 131. The van der Waals surface area contributed by atoms with E-state index in [-0.39, 0.29) is 38.8 Å². The molecule has 0 aliphatic heterocycles. The number of ether oxygens (including phenoxy) is 1. The largest absolute Gasteiger partial charge is 0.450 e. The topological polar surface area (TPSA) is 38.3 Å². The molecule has 0 aliphatic rings. The van der Waals surface area contributed by atoms with E-state index in [1.807, 2.05) is 6.92 Å². The van der Waals surface area contributed by atoms with Gasteiger partial charge in [-0.1, -0.05) is 0 Å². The Morgan fingerprint density at radius 1 is 1.36 bits per heavy atom. The quantitative estimate of drug-likeness (QED) is 0.571. The fourth-order valence-electron chi connectivity index (χ4n) is 0.887. The normalized spacial score (nSPS) is 9.00. The van der Waals surface area contributed by atoms with Crippen molar-refractivity contribution in [2.75, 3.05) is 13.2 Å². The van der Waals surface area contributed by atoms with Gasteiger partial charge in [0.05, 0.1) is 6.61 Å². The molecule has 1 N–H and O–H groups in total. The second-order valence-corrected chi connectivity index (χ2v) is 2.71. The van der Waals surface area contributed by atoms with Gasteiger partial charge in [0.15, 0.2) is 0 Å². The maximum atomic E-state index is 10.8. The summed E-state index contributed by atoms with van der Waals surface area (Å²) in [5, 5.41) is 2.66. The first-order valence-electron chi connectivity index (χ1n) is 4.81. The number of nitrogens with one attached hydrogen (secondary N) is 1. The van der Waals surface area contributed by atoms with Crippen LogP contribution < -0.4 is 5.32 Å². The van der Waals surface area contributed by atoms with Gasteiger partial charge >= 0.3 is 6.09 Å². The molecule has 0 aromatic carbocycles. The van der Waals surface area contributed by atoms with E-state index in [0.29, 0.717) is 13.2 Å². The average molecular weight is 274 g/mol. The summed E-state index contributed by atoms with van der Waals surface area (Å²) in [6, 6.07) is 0. The second kappa shape index (κ2) is 13.4. The van der Waals surface area contributed by atoms with E-state index in [2.05, 4.69) is 18.2 Å². The van der Waals surface area contributed by atoms with Crippen molar-refractivity contribution >= 4 is 6.09 Å². The molecule has 14 heavy (non-hydrogen) atoms. The monoisotopic (exact) mass is 274 g/mol. The first-order valence-corrected chi connectivity index (χ1v) is 4.81. The number of carbonyl (C=O) groups excluding carboxylic acids is 1. The number of hydrogen-bond donors (Lipinski definition) is 1. The summed E-state index contributed by atoms with van der Waals surface area (Å²) in [5.74, 6) is 0. The Morgan fingerprint density at radius 2 is 2.07 bits per heavy atom. The third-order valence-corrected chi connectivity index (χ3v) is 1.55. The summed E-state index contributed by atoms with van der Waals surface area (Å²) in [6.07, 6.45) is 7.09. The van der Waals surface area contributed by atoms with Gasteiger partial charge in [0.1, 0.15) is 0 Å². The molecule has 4 heteroatoms. The van der Waals surface area contributed by atoms with E-state index in [9.17, 15) is 4.79 Å². The van der Waals surface area contributed by atoms with Crippen molar-refractivity contribution in [1.82, 2.24) is 5.32 Å². The molecule has 3 nitrogen and oxygen atoms in total. The molecule has 0 saturated carbocycles. The molecular weight excluding hydrogens is 255 g/mol. The Kier molecular flexibility index (Phi) is 16.0. The second-order valence-electron chi connectivity index (χ2n) is 2.71. The zero-order valence-corrected chi connectivity index (χ0v) is 11.9. The van der Waals surface area contributed by atoms with Crippen molar-refractivity contribution in [3.63, 3.8) is 0 Å². The summed E-state index contributed by atoms with van der Waals surface area (Å²) >= 11 is 0. The van der Waals surface area contributed by atoms with Crippen LogP contribution in [0.1, 0.15) is 33.1 Å². The van der Waals surface area contributed by atoms with Gasteiger partial charge in [0, 0.05) is 32.7 Å². The average Bonchev–Trinajstić information content (AvgIpc) is 2.11. The maximum absolute atomic E-state index is 10.8. The third kappa shape index (κ3) is 12.4. The molecule has 1 amide bonds. The van der Waals surface area contributed by atoms with Crippen LogP contribution in [-0.2, 0) is 37.4 Å². The van der Waals surface area contributed by atoms with E-state index in [4.69, 9.17) is 4.74 Å². The van der Waals surface area contributed by atoms with Crippen LogP contribution in [0.4, 0.5) is 4.79 Å². The van der Waals surface area contributed by atoms with Crippen molar-refractivity contribution in [2.45, 2.75) is 33.1 Å². The molecule has 0 rings (SSSR count). The summed E-state index contributed by atoms with van der Waals surface area (Å²) < 4.78 is 4.70. The first-order chi connectivity index (χ1) is 6.31. The van der Waals surface area contributed by atoms with Crippen molar-refractivity contribution in [2.24, 2.45) is 0 Å². The van der Waals surface area contributed by atoms with E-state index in [1.165, 1.54) is 0 Å². The van der Waals surface area contributed by atoms with Crippen molar-refractivity contribution in [3.8, 4) is 0 Å². The molecule has 0 bridgehead atoms. The number of hydrogen-bond acceptors (Lipinski definition) is 2. The SMILES string of the molecule is C[CH-]CC[CH-]CCNC(=O)OCC.[Y]. The van der Waals surface area contributed by atoms with Gasteiger partial charge in [-0.05, 0) is 13.5 Å². The Balaban J connectivity index is 0. The smallest absolute Gasteiger partial charge is 0.407 e. The van der Waals surface area contributed by atoms with Gasteiger partial charge in [0.2, 0.25) is 0 Å². The van der Waals surface area contributed by atoms with Crippen LogP contribution in [0, 0.1) is 12.8 Å². The molecule has 0 spiro atoms. The van der Waals surface area contributed by atoms with Crippen LogP contribution in [0.2, 0.25) is 0 Å². The zero-order chi connectivity index (χ0) is 9.94. The molecule has 0 atom stereocenters. The van der Waals surface area contributed by atoms with E-state index in [0.717, 1.165) is 19.3 Å². The molecule has 0 fully saturated rings. The van der Waals surface area contributed by atoms with Crippen LogP contribution in [0.5, 0.6) is 0 Å². The van der Waals surface area contributed by atoms with Crippen LogP contribution in [0.15, 0.2) is 0 Å². The van der Waals surface area contributed by atoms with E-state index in [1.54, 1.807) is 6.92 Å². The first kappa shape index (κ1) is 16.8. The number of alkyl carbamates (subject to hydrolysis) is 1. The summed E-state index contributed by atoms with van der Waals surface area (Å²) in [5.41, 5.74) is 0. The summed E-state index contributed by atoms with van der Waals surface area (Å²) in [6.45, 7) is 4.94. The van der Waals surface area contributed by atoms with Crippen LogP contribution in [0.25, 0.3) is 0 Å². The minimum absolute atomic E-state index is 0. The molecule has 0 aliphatic carbocycles. The van der Waals surface area contributed by atoms with Crippen LogP contribution >= 0.6 is 0 Å². The Labute approximate surface area is 112 Å². The minimum Gasteiger partial charge on any atom is -0.450 e. The fraction of sp³-hybridized carbons (Fsp3) is 0.700. The van der Waals surface area contributed by atoms with E-state index >= 15 is 0 Å². The van der Waals surface area contributed by atoms with Crippen LogP contribution in [-0.4, -0.2) is 19.2 Å². The maximum Gasteiger partial charge on any atom is 0.407 e. The van der Waals surface area contributed by atoms with Gasteiger partial charge in [-0.2, -0.15) is 13.3 Å². The molecule has 81 valence electrons. The molecule has 1 radical (unpaired) electrons. The predicted octanol–water partition coefficient (Wildman–Crippen LogP) is 2.33. The summed E-state index contributed by atoms with van der Waals surface area (Å²) in [7, 11) is 0. The number of rotatable bonds is 7. The van der Waals surface area contributed by atoms with Crippen molar-refractivity contribution < 1.29 is 42.2 Å². The minimum atomic E-state index is -0.321. The number of carbonyl (C=O) groups is 1. The number of amides is 1. The predicted molar refractivity (Wildman–Crippen MR) is 53.1 cm³/mol. The van der Waals surface area contributed by atoms with Gasteiger partial charge in [-0.3, -0.25) is 0 Å². The third-order valence-electron chi connectivity index (χ3n) is 1.55. The standard InChI is InChI=1S/C10H19NO2.Y/c1-3-5-6-7-8-9-11-10(12)13-4-2;/h3,7H,4-6,8-9H2,1-2H3,(H,11,12);/q-2;. The molecule has 0 aromatic rings. The number of unbranched alkanes of at least 4 members (excludes halogenated alkanes) is 4. The Hall–Kier alpha value is 0.374. The van der Waals surface area contributed by atoms with Gasteiger partial charge in [0.25, 0.3) is 0 Å². The van der Waals surface area contributed by atoms with Gasteiger partial charge < -0.3 is 22.9 Å². The van der Waals surface area contributed by atoms with Crippen LogP contribution in [0.3, 0.4) is 0 Å². The zero-order valence-electron chi connectivity index (χ0n) is 9.08. The van der Waals surface area contributed by atoms with Gasteiger partial charge in [-0.25, -0.2) is 17.6 Å². The van der Waals surface area contributed by atoms with E-state index < -0.39 is 0 Å².